The van der Waals surface area contributed by atoms with Gasteiger partial charge in [-0.3, -0.25) is 9.59 Å². The molecule has 0 aromatic heterocycles. The number of amides is 2. The van der Waals surface area contributed by atoms with Gasteiger partial charge in [-0.1, -0.05) is 30.3 Å². The van der Waals surface area contributed by atoms with E-state index in [-0.39, 0.29) is 23.8 Å². The fourth-order valence-electron chi connectivity index (χ4n) is 4.20. The Morgan fingerprint density at radius 3 is 2.42 bits per heavy atom. The van der Waals surface area contributed by atoms with Crippen LogP contribution < -0.4 is 5.73 Å². The molecule has 26 heavy (non-hydrogen) atoms. The Morgan fingerprint density at radius 1 is 1.00 bits per heavy atom. The maximum atomic E-state index is 12.9. The van der Waals surface area contributed by atoms with Crippen LogP contribution in [0, 0.1) is 5.92 Å². The first-order chi connectivity index (χ1) is 12.7. The topological polar surface area (TPSA) is 66.6 Å². The first-order valence-electron chi connectivity index (χ1n) is 10.0. The van der Waals surface area contributed by atoms with E-state index in [4.69, 9.17) is 5.73 Å². The van der Waals surface area contributed by atoms with E-state index >= 15 is 0 Å². The number of carbonyl (C=O) groups is 2. The molecule has 1 aromatic carbocycles. The fourth-order valence-corrected chi connectivity index (χ4v) is 4.20. The maximum Gasteiger partial charge on any atom is 0.226 e. The van der Waals surface area contributed by atoms with Crippen molar-refractivity contribution in [3.05, 3.63) is 35.9 Å². The lowest BCUT2D eigenvalue weighted by atomic mass is 9.92. The second-order valence-corrected chi connectivity index (χ2v) is 7.56. The molecule has 0 saturated carbocycles. The molecule has 2 N–H and O–H groups in total. The SMILES string of the molecule is NCC1CCCCN1C(=O)C1CCN(C(=O)CCc2ccccc2)CC1. The quantitative estimate of drug-likeness (QED) is 0.878. The lowest BCUT2D eigenvalue weighted by molar-refractivity contribution is -0.143. The predicted octanol–water partition coefficient (Wildman–Crippen LogP) is 2.20. The number of benzene rings is 1. The molecule has 5 heteroatoms. The number of carbonyl (C=O) groups excluding carboxylic acids is 2. The summed E-state index contributed by atoms with van der Waals surface area (Å²) in [7, 11) is 0. The van der Waals surface area contributed by atoms with Gasteiger partial charge in [0.2, 0.25) is 11.8 Å². The molecule has 0 bridgehead atoms. The van der Waals surface area contributed by atoms with Crippen molar-refractivity contribution in [3.63, 3.8) is 0 Å². The highest BCUT2D eigenvalue weighted by Gasteiger charge is 2.33. The normalized spacial score (nSPS) is 21.7. The zero-order valence-electron chi connectivity index (χ0n) is 15.6. The van der Waals surface area contributed by atoms with Gasteiger partial charge in [0, 0.05) is 44.6 Å². The highest BCUT2D eigenvalue weighted by Crippen LogP contribution is 2.25. The Balaban J connectivity index is 1.46. The molecule has 2 aliphatic rings. The van der Waals surface area contributed by atoms with Crippen molar-refractivity contribution in [2.75, 3.05) is 26.2 Å². The first kappa shape index (κ1) is 18.9. The van der Waals surface area contributed by atoms with Crippen LogP contribution in [-0.2, 0) is 16.0 Å². The number of piperidine rings is 2. The molecule has 142 valence electrons. The van der Waals surface area contributed by atoms with Crippen molar-refractivity contribution in [2.45, 2.75) is 51.0 Å². The summed E-state index contributed by atoms with van der Waals surface area (Å²) in [4.78, 5) is 29.3. The van der Waals surface area contributed by atoms with Gasteiger partial charge in [-0.15, -0.1) is 0 Å². The van der Waals surface area contributed by atoms with Crippen LogP contribution in [0.1, 0.15) is 44.1 Å². The second-order valence-electron chi connectivity index (χ2n) is 7.56. The summed E-state index contributed by atoms with van der Waals surface area (Å²) < 4.78 is 0. The number of rotatable bonds is 5. The van der Waals surface area contributed by atoms with Crippen LogP contribution in [0.2, 0.25) is 0 Å². The number of hydrogen-bond donors (Lipinski definition) is 1. The first-order valence-corrected chi connectivity index (χ1v) is 10.0. The monoisotopic (exact) mass is 357 g/mol. The number of nitrogens with zero attached hydrogens (tertiary/aromatic N) is 2. The maximum absolute atomic E-state index is 12.9. The largest absolute Gasteiger partial charge is 0.343 e. The number of likely N-dealkylation sites (tertiary alicyclic amines) is 2. The third kappa shape index (κ3) is 4.64. The molecule has 5 nitrogen and oxygen atoms in total. The minimum absolute atomic E-state index is 0.0559. The van der Waals surface area contributed by atoms with Gasteiger partial charge in [0.1, 0.15) is 0 Å². The van der Waals surface area contributed by atoms with Gasteiger partial charge >= 0.3 is 0 Å². The standard InChI is InChI=1S/C21H31N3O2/c22-16-19-8-4-5-13-24(19)21(26)18-11-14-23(15-12-18)20(25)10-9-17-6-2-1-3-7-17/h1-3,6-7,18-19H,4-5,8-16,22H2. The van der Waals surface area contributed by atoms with Crippen LogP contribution >= 0.6 is 0 Å². The molecule has 0 aliphatic carbocycles. The smallest absolute Gasteiger partial charge is 0.226 e. The van der Waals surface area contributed by atoms with Gasteiger partial charge in [0.15, 0.2) is 0 Å². The molecule has 2 heterocycles. The Hall–Kier alpha value is -1.88. The Bertz CT molecular complexity index is 597. The summed E-state index contributed by atoms with van der Waals surface area (Å²) in [6.07, 6.45) is 6.17. The lowest BCUT2D eigenvalue weighted by Crippen LogP contribution is -2.51. The minimum Gasteiger partial charge on any atom is -0.343 e. The van der Waals surface area contributed by atoms with Crippen molar-refractivity contribution in [1.29, 1.82) is 0 Å². The van der Waals surface area contributed by atoms with E-state index in [1.165, 1.54) is 12.0 Å². The predicted molar refractivity (Wildman–Crippen MR) is 102 cm³/mol. The van der Waals surface area contributed by atoms with E-state index in [9.17, 15) is 9.59 Å². The third-order valence-corrected chi connectivity index (χ3v) is 5.85. The molecular weight excluding hydrogens is 326 g/mol. The van der Waals surface area contributed by atoms with Crippen molar-refractivity contribution in [2.24, 2.45) is 11.7 Å². The Labute approximate surface area is 156 Å². The van der Waals surface area contributed by atoms with Crippen molar-refractivity contribution in [3.8, 4) is 0 Å². The van der Waals surface area contributed by atoms with Crippen LogP contribution in [-0.4, -0.2) is 53.8 Å². The summed E-state index contributed by atoms with van der Waals surface area (Å²) in [5, 5.41) is 0. The number of hydrogen-bond acceptors (Lipinski definition) is 3. The van der Waals surface area contributed by atoms with Crippen LogP contribution in [0.15, 0.2) is 30.3 Å². The summed E-state index contributed by atoms with van der Waals surface area (Å²) in [6, 6.07) is 10.3. The molecule has 0 radical (unpaired) electrons. The van der Waals surface area contributed by atoms with E-state index in [2.05, 4.69) is 12.1 Å². The lowest BCUT2D eigenvalue weighted by Gasteiger charge is -2.39. The summed E-state index contributed by atoms with van der Waals surface area (Å²) in [6.45, 7) is 2.80. The van der Waals surface area contributed by atoms with E-state index in [1.54, 1.807) is 0 Å². The van der Waals surface area contributed by atoms with Crippen LogP contribution in [0.5, 0.6) is 0 Å². The molecule has 1 unspecified atom stereocenters. The van der Waals surface area contributed by atoms with E-state index in [0.29, 0.717) is 26.1 Å². The van der Waals surface area contributed by atoms with Gasteiger partial charge < -0.3 is 15.5 Å². The summed E-state index contributed by atoms with van der Waals surface area (Å²) in [5.74, 6) is 0.523. The van der Waals surface area contributed by atoms with Gasteiger partial charge in [-0.25, -0.2) is 0 Å². The molecule has 2 amide bonds. The molecule has 2 fully saturated rings. The highest BCUT2D eigenvalue weighted by atomic mass is 16.2. The van der Waals surface area contributed by atoms with E-state index in [0.717, 1.165) is 38.6 Å². The van der Waals surface area contributed by atoms with Gasteiger partial charge in [0.05, 0.1) is 0 Å². The van der Waals surface area contributed by atoms with Gasteiger partial charge in [-0.2, -0.15) is 0 Å². The molecule has 0 spiro atoms. The molecular formula is C21H31N3O2. The number of aryl methyl sites for hydroxylation is 1. The van der Waals surface area contributed by atoms with Crippen LogP contribution in [0.4, 0.5) is 0 Å². The van der Waals surface area contributed by atoms with Crippen molar-refractivity contribution >= 4 is 11.8 Å². The molecule has 2 aliphatic heterocycles. The Kier molecular flexibility index (Phi) is 6.67. The highest BCUT2D eigenvalue weighted by molar-refractivity contribution is 5.80. The fraction of sp³-hybridized carbons (Fsp3) is 0.619. The average molecular weight is 357 g/mol. The molecule has 3 rings (SSSR count). The third-order valence-electron chi connectivity index (χ3n) is 5.85. The summed E-state index contributed by atoms with van der Waals surface area (Å²) in [5.41, 5.74) is 7.06. The Morgan fingerprint density at radius 2 is 1.73 bits per heavy atom. The molecule has 1 aromatic rings. The van der Waals surface area contributed by atoms with Crippen molar-refractivity contribution in [1.82, 2.24) is 9.80 Å². The zero-order chi connectivity index (χ0) is 18.4. The van der Waals surface area contributed by atoms with E-state index < -0.39 is 0 Å². The van der Waals surface area contributed by atoms with Gasteiger partial charge in [0.25, 0.3) is 0 Å². The van der Waals surface area contributed by atoms with Crippen LogP contribution in [0.25, 0.3) is 0 Å². The molecule has 1 atom stereocenters. The number of nitrogens with two attached hydrogens (primary N) is 1. The minimum atomic E-state index is 0.0559. The average Bonchev–Trinajstić information content (AvgIpc) is 2.72. The van der Waals surface area contributed by atoms with Crippen molar-refractivity contribution < 1.29 is 9.59 Å². The second kappa shape index (κ2) is 9.17. The van der Waals surface area contributed by atoms with Crippen LogP contribution in [0.3, 0.4) is 0 Å². The molecule has 2 saturated heterocycles. The zero-order valence-corrected chi connectivity index (χ0v) is 15.6. The van der Waals surface area contributed by atoms with Gasteiger partial charge in [-0.05, 0) is 44.1 Å². The van der Waals surface area contributed by atoms with E-state index in [1.807, 2.05) is 28.0 Å². The summed E-state index contributed by atoms with van der Waals surface area (Å²) >= 11 is 0.